The summed E-state index contributed by atoms with van der Waals surface area (Å²) in [4.78, 5) is 29.2. The van der Waals surface area contributed by atoms with Crippen LogP contribution in [0.3, 0.4) is 0 Å². The molecule has 0 radical (unpaired) electrons. The number of urea groups is 1. The van der Waals surface area contributed by atoms with Gasteiger partial charge in [0.2, 0.25) is 5.91 Å². The number of benzene rings is 1. The average molecular weight is 361 g/mol. The Morgan fingerprint density at radius 3 is 2.46 bits per heavy atom. The number of para-hydroxylation sites is 2. The third-order valence-electron chi connectivity index (χ3n) is 5.01. The van der Waals surface area contributed by atoms with E-state index in [0.717, 1.165) is 56.2 Å². The first kappa shape index (κ1) is 18.5. The van der Waals surface area contributed by atoms with Gasteiger partial charge in [0.15, 0.2) is 0 Å². The van der Waals surface area contributed by atoms with E-state index in [-0.39, 0.29) is 18.5 Å². The van der Waals surface area contributed by atoms with Gasteiger partial charge in [-0.05, 0) is 31.5 Å². The molecular formula is C18H27N5O3. The number of piperazine rings is 1. The quantitative estimate of drug-likeness (QED) is 0.726. The van der Waals surface area contributed by atoms with Crippen molar-refractivity contribution in [3.63, 3.8) is 0 Å². The summed E-state index contributed by atoms with van der Waals surface area (Å²) >= 11 is 0. The Kier molecular flexibility index (Phi) is 5.95. The molecule has 0 aliphatic carbocycles. The molecule has 2 aliphatic rings. The van der Waals surface area contributed by atoms with E-state index in [0.29, 0.717) is 12.3 Å². The van der Waals surface area contributed by atoms with Gasteiger partial charge in [-0.2, -0.15) is 0 Å². The van der Waals surface area contributed by atoms with Gasteiger partial charge in [0.25, 0.3) is 0 Å². The average Bonchev–Trinajstić information content (AvgIpc) is 2.66. The highest BCUT2D eigenvalue weighted by Crippen LogP contribution is 2.27. The Hall–Kier alpha value is -2.32. The number of anilines is 1. The number of likely N-dealkylation sites (N-methyl/N-ethyl adjacent to an activating group) is 1. The van der Waals surface area contributed by atoms with E-state index in [1.54, 1.807) is 6.07 Å². The largest absolute Gasteiger partial charge is 0.506 e. The van der Waals surface area contributed by atoms with E-state index in [1.165, 1.54) is 12.1 Å². The standard InChI is InChI=1S/C18H27N5O3/c1-20-17(25)14-19-23(18(20)26)9-5-4-8-21-10-12-22(13-11-21)15-6-2-3-7-16(15)24/h2-3,6-7,19,24H,4-5,8-14H2,1H3. The molecule has 2 N–H and O–H groups in total. The number of rotatable bonds is 6. The first-order valence-corrected chi connectivity index (χ1v) is 9.13. The zero-order valence-corrected chi connectivity index (χ0v) is 15.2. The number of hydrogen-bond acceptors (Lipinski definition) is 6. The second-order valence-corrected chi connectivity index (χ2v) is 6.75. The summed E-state index contributed by atoms with van der Waals surface area (Å²) in [5.74, 6) is 0.136. The van der Waals surface area contributed by atoms with E-state index in [4.69, 9.17) is 0 Å². The smallest absolute Gasteiger partial charge is 0.340 e. The summed E-state index contributed by atoms with van der Waals surface area (Å²) in [6.07, 6.45) is 1.89. The zero-order valence-electron chi connectivity index (χ0n) is 15.2. The molecule has 0 spiro atoms. The van der Waals surface area contributed by atoms with Gasteiger partial charge in [-0.15, -0.1) is 0 Å². The minimum Gasteiger partial charge on any atom is -0.506 e. The fraction of sp³-hybridized carbons (Fsp3) is 0.556. The molecule has 1 aromatic rings. The summed E-state index contributed by atoms with van der Waals surface area (Å²) in [5, 5.41) is 11.5. The Morgan fingerprint density at radius 2 is 1.73 bits per heavy atom. The Labute approximate surface area is 153 Å². The highest BCUT2D eigenvalue weighted by Gasteiger charge is 2.28. The SMILES string of the molecule is CN1C(=O)CNN(CCCCN2CCN(c3ccccc3O)CC2)C1=O. The Balaban J connectivity index is 1.35. The van der Waals surface area contributed by atoms with Crippen molar-refractivity contribution in [1.29, 1.82) is 0 Å². The number of imide groups is 1. The molecule has 3 amide bonds. The number of carbonyl (C=O) groups is 2. The minimum atomic E-state index is -0.280. The maximum atomic E-state index is 12.0. The van der Waals surface area contributed by atoms with Crippen LogP contribution in [-0.2, 0) is 4.79 Å². The monoisotopic (exact) mass is 361 g/mol. The van der Waals surface area contributed by atoms with Crippen LogP contribution in [0.1, 0.15) is 12.8 Å². The van der Waals surface area contributed by atoms with Crippen molar-refractivity contribution in [2.45, 2.75) is 12.8 Å². The summed E-state index contributed by atoms with van der Waals surface area (Å²) < 4.78 is 0. The van der Waals surface area contributed by atoms with Crippen molar-refractivity contribution in [3.05, 3.63) is 24.3 Å². The lowest BCUT2D eigenvalue weighted by Gasteiger charge is -2.36. The fourth-order valence-corrected chi connectivity index (χ4v) is 3.36. The van der Waals surface area contributed by atoms with Crippen molar-refractivity contribution >= 4 is 17.6 Å². The lowest BCUT2D eigenvalue weighted by atomic mass is 10.2. The molecule has 0 unspecified atom stereocenters. The summed E-state index contributed by atoms with van der Waals surface area (Å²) in [6.45, 7) is 5.50. The van der Waals surface area contributed by atoms with Gasteiger partial charge in [-0.1, -0.05) is 12.1 Å². The van der Waals surface area contributed by atoms with Gasteiger partial charge < -0.3 is 10.0 Å². The number of phenolic OH excluding ortho intramolecular Hbond substituents is 1. The second-order valence-electron chi connectivity index (χ2n) is 6.75. The molecule has 0 aromatic heterocycles. The molecule has 2 aliphatic heterocycles. The van der Waals surface area contributed by atoms with Crippen LogP contribution in [0, 0.1) is 0 Å². The lowest BCUT2D eigenvalue weighted by molar-refractivity contribution is -0.130. The van der Waals surface area contributed by atoms with Crippen LogP contribution < -0.4 is 10.3 Å². The molecule has 26 heavy (non-hydrogen) atoms. The van der Waals surface area contributed by atoms with Gasteiger partial charge in [0, 0.05) is 39.8 Å². The fourth-order valence-electron chi connectivity index (χ4n) is 3.36. The number of nitrogens with zero attached hydrogens (tertiary/aromatic N) is 4. The first-order valence-electron chi connectivity index (χ1n) is 9.13. The van der Waals surface area contributed by atoms with Gasteiger partial charge in [-0.3, -0.25) is 19.6 Å². The van der Waals surface area contributed by atoms with Crippen molar-refractivity contribution in [1.82, 2.24) is 20.2 Å². The van der Waals surface area contributed by atoms with Crippen molar-refractivity contribution in [3.8, 4) is 5.75 Å². The molecule has 8 heteroatoms. The molecule has 1 aromatic carbocycles. The number of hydrogen-bond donors (Lipinski definition) is 2. The van der Waals surface area contributed by atoms with Crippen molar-refractivity contribution in [2.75, 3.05) is 57.8 Å². The molecule has 0 saturated carbocycles. The van der Waals surface area contributed by atoms with E-state index < -0.39 is 0 Å². The normalized spacial score (nSPS) is 19.3. The number of phenols is 1. The van der Waals surface area contributed by atoms with Crippen LogP contribution in [0.5, 0.6) is 5.75 Å². The van der Waals surface area contributed by atoms with E-state index in [2.05, 4.69) is 15.2 Å². The summed E-state index contributed by atoms with van der Waals surface area (Å²) in [5.41, 5.74) is 3.77. The molecule has 0 atom stereocenters. The molecule has 8 nitrogen and oxygen atoms in total. The highest BCUT2D eigenvalue weighted by molar-refractivity contribution is 5.96. The molecule has 2 fully saturated rings. The topological polar surface area (TPSA) is 79.4 Å². The first-order chi connectivity index (χ1) is 12.6. The molecule has 0 bridgehead atoms. The summed E-state index contributed by atoms with van der Waals surface area (Å²) in [6, 6.07) is 7.18. The lowest BCUT2D eigenvalue weighted by Crippen LogP contribution is -2.59. The Bertz CT molecular complexity index is 645. The van der Waals surface area contributed by atoms with Crippen molar-refractivity contribution in [2.24, 2.45) is 0 Å². The van der Waals surface area contributed by atoms with Crippen LogP contribution in [-0.4, -0.2) is 84.7 Å². The molecule has 142 valence electrons. The Morgan fingerprint density at radius 1 is 1.04 bits per heavy atom. The maximum absolute atomic E-state index is 12.0. The van der Waals surface area contributed by atoms with E-state index in [1.807, 2.05) is 18.2 Å². The molecule has 2 heterocycles. The van der Waals surface area contributed by atoms with Crippen LogP contribution >= 0.6 is 0 Å². The minimum absolute atomic E-state index is 0.177. The predicted molar refractivity (Wildman–Crippen MR) is 98.9 cm³/mol. The zero-order chi connectivity index (χ0) is 18.5. The molecule has 3 rings (SSSR count). The number of amides is 3. The van der Waals surface area contributed by atoms with Crippen molar-refractivity contribution < 1.29 is 14.7 Å². The molecule has 2 saturated heterocycles. The number of carbonyl (C=O) groups excluding carboxylic acids is 2. The number of nitrogens with one attached hydrogen (secondary N) is 1. The highest BCUT2D eigenvalue weighted by atomic mass is 16.3. The van der Waals surface area contributed by atoms with Gasteiger partial charge in [0.1, 0.15) is 5.75 Å². The van der Waals surface area contributed by atoms with Crippen LogP contribution in [0.15, 0.2) is 24.3 Å². The van der Waals surface area contributed by atoms with Crippen LogP contribution in [0.4, 0.5) is 10.5 Å². The second kappa shape index (κ2) is 8.37. The van der Waals surface area contributed by atoms with E-state index >= 15 is 0 Å². The summed E-state index contributed by atoms with van der Waals surface area (Å²) in [7, 11) is 1.52. The van der Waals surface area contributed by atoms with Gasteiger partial charge in [0.05, 0.1) is 12.2 Å². The molecular weight excluding hydrogens is 334 g/mol. The third kappa shape index (κ3) is 4.25. The van der Waals surface area contributed by atoms with Gasteiger partial charge in [-0.25, -0.2) is 10.2 Å². The number of unbranched alkanes of at least 4 members (excludes halogenated alkanes) is 1. The number of aromatic hydroxyl groups is 1. The van der Waals surface area contributed by atoms with E-state index in [9.17, 15) is 14.7 Å². The van der Waals surface area contributed by atoms with Crippen LogP contribution in [0.25, 0.3) is 0 Å². The number of hydrazine groups is 1. The van der Waals surface area contributed by atoms with Gasteiger partial charge >= 0.3 is 6.03 Å². The predicted octanol–water partition coefficient (Wildman–Crippen LogP) is 0.693. The maximum Gasteiger partial charge on any atom is 0.340 e. The van der Waals surface area contributed by atoms with Crippen LogP contribution in [0.2, 0.25) is 0 Å². The third-order valence-corrected chi connectivity index (χ3v) is 5.01.